The van der Waals surface area contributed by atoms with Crippen molar-refractivity contribution in [2.45, 2.75) is 18.4 Å². The van der Waals surface area contributed by atoms with E-state index < -0.39 is 10.0 Å². The van der Waals surface area contributed by atoms with Crippen molar-refractivity contribution in [3.8, 4) is 0 Å². The summed E-state index contributed by atoms with van der Waals surface area (Å²) in [6, 6.07) is 4.55. The predicted molar refractivity (Wildman–Crippen MR) is 80.9 cm³/mol. The lowest BCUT2D eigenvalue weighted by atomic mass is 10.2. The molecule has 0 spiro atoms. The van der Waals surface area contributed by atoms with Gasteiger partial charge >= 0.3 is 0 Å². The van der Waals surface area contributed by atoms with Gasteiger partial charge in [-0.25, -0.2) is 13.1 Å². The van der Waals surface area contributed by atoms with Crippen molar-refractivity contribution < 1.29 is 8.42 Å². The summed E-state index contributed by atoms with van der Waals surface area (Å²) in [5, 5.41) is 7.16. The third-order valence-electron chi connectivity index (χ3n) is 2.79. The molecule has 0 unspecified atom stereocenters. The normalized spacial score (nSPS) is 11.6. The summed E-state index contributed by atoms with van der Waals surface area (Å²) in [4.78, 5) is 6.03. The molecule has 2 N–H and O–H groups in total. The largest absolute Gasteiger partial charge is 0.346 e. The molecule has 1 aromatic carbocycles. The summed E-state index contributed by atoms with van der Waals surface area (Å²) in [6.45, 7) is 1.78. The molecule has 21 heavy (non-hydrogen) atoms. The number of rotatable bonds is 5. The van der Waals surface area contributed by atoms with Gasteiger partial charge in [-0.15, -0.1) is 5.10 Å². The first-order chi connectivity index (χ1) is 9.79. The number of anilines is 1. The zero-order valence-corrected chi connectivity index (χ0v) is 13.5. The van der Waals surface area contributed by atoms with E-state index in [1.54, 1.807) is 32.0 Å². The Bertz CT molecular complexity index is 742. The van der Waals surface area contributed by atoms with E-state index in [4.69, 9.17) is 11.6 Å². The van der Waals surface area contributed by atoms with Gasteiger partial charge in [-0.2, -0.15) is 4.98 Å². The predicted octanol–water partition coefficient (Wildman–Crippen LogP) is 1.31. The molecule has 0 radical (unpaired) electrons. The van der Waals surface area contributed by atoms with Crippen molar-refractivity contribution in [3.05, 3.63) is 34.6 Å². The Hall–Kier alpha value is -1.64. The number of benzene rings is 1. The second-order valence-electron chi connectivity index (χ2n) is 4.71. The number of aromatic nitrogens is 3. The second-order valence-corrected chi connectivity index (χ2v) is 6.89. The van der Waals surface area contributed by atoms with Crippen molar-refractivity contribution in [1.29, 1.82) is 0 Å². The van der Waals surface area contributed by atoms with Crippen LogP contribution in [0.1, 0.15) is 11.4 Å². The van der Waals surface area contributed by atoms with Gasteiger partial charge in [-0.3, -0.25) is 5.10 Å². The molecule has 2 aromatic rings. The minimum atomic E-state index is -3.62. The van der Waals surface area contributed by atoms with Crippen LogP contribution in [0, 0.1) is 6.92 Å². The Morgan fingerprint density at radius 2 is 2.10 bits per heavy atom. The Morgan fingerprint density at radius 1 is 1.38 bits per heavy atom. The number of nitrogens with one attached hydrogen (secondary N) is 2. The maximum absolute atomic E-state index is 12.2. The number of hydrogen-bond donors (Lipinski definition) is 2. The molecule has 2 rings (SSSR count). The van der Waals surface area contributed by atoms with E-state index >= 15 is 0 Å². The summed E-state index contributed by atoms with van der Waals surface area (Å²) in [7, 11) is -0.0203. The van der Waals surface area contributed by atoms with Crippen molar-refractivity contribution in [1.82, 2.24) is 19.9 Å². The Morgan fingerprint density at radius 3 is 2.67 bits per heavy atom. The number of halogens is 1. The first kappa shape index (κ1) is 15.7. The fraction of sp³-hybridized carbons (Fsp3) is 0.333. The lowest BCUT2D eigenvalue weighted by molar-refractivity contribution is 0.579. The number of hydrogen-bond acceptors (Lipinski definition) is 5. The Kier molecular flexibility index (Phi) is 4.50. The van der Waals surface area contributed by atoms with Crippen LogP contribution in [0.25, 0.3) is 0 Å². The van der Waals surface area contributed by atoms with E-state index in [0.717, 1.165) is 0 Å². The van der Waals surface area contributed by atoms with E-state index in [1.165, 1.54) is 12.1 Å². The number of nitrogens with zero attached hydrogens (tertiary/aromatic N) is 3. The highest BCUT2D eigenvalue weighted by Gasteiger charge is 2.16. The van der Waals surface area contributed by atoms with Crippen molar-refractivity contribution >= 4 is 27.6 Å². The molecule has 0 aliphatic rings. The van der Waals surface area contributed by atoms with Gasteiger partial charge in [0.2, 0.25) is 16.0 Å². The van der Waals surface area contributed by atoms with Crippen LogP contribution in [0.2, 0.25) is 5.02 Å². The number of aryl methyl sites for hydroxylation is 1. The quantitative estimate of drug-likeness (QED) is 0.863. The third kappa shape index (κ3) is 3.72. The SMILES string of the molecule is Cc1cc(S(=O)(=O)NCc2nc(N(C)C)n[nH]2)ccc1Cl. The fourth-order valence-electron chi connectivity index (χ4n) is 1.60. The van der Waals surface area contributed by atoms with Crippen LogP contribution in [-0.4, -0.2) is 37.7 Å². The number of sulfonamides is 1. The summed E-state index contributed by atoms with van der Waals surface area (Å²) in [6.07, 6.45) is 0. The maximum Gasteiger partial charge on any atom is 0.244 e. The number of aromatic amines is 1. The molecule has 0 fully saturated rings. The average Bonchev–Trinajstić information content (AvgIpc) is 2.89. The van der Waals surface area contributed by atoms with Crippen LogP contribution in [-0.2, 0) is 16.6 Å². The van der Waals surface area contributed by atoms with Crippen molar-refractivity contribution in [3.63, 3.8) is 0 Å². The zero-order valence-electron chi connectivity index (χ0n) is 11.9. The van der Waals surface area contributed by atoms with Crippen LogP contribution in [0.15, 0.2) is 23.1 Å². The smallest absolute Gasteiger partial charge is 0.244 e. The van der Waals surface area contributed by atoms with Gasteiger partial charge in [-0.05, 0) is 30.7 Å². The van der Waals surface area contributed by atoms with Crippen LogP contribution in [0.5, 0.6) is 0 Å². The van der Waals surface area contributed by atoms with Crippen LogP contribution in [0.4, 0.5) is 5.95 Å². The minimum Gasteiger partial charge on any atom is -0.346 e. The van der Waals surface area contributed by atoms with E-state index in [1.807, 2.05) is 0 Å². The van der Waals surface area contributed by atoms with Gasteiger partial charge in [0.15, 0.2) is 0 Å². The molecule has 0 aliphatic carbocycles. The highest BCUT2D eigenvalue weighted by atomic mass is 35.5. The molecule has 0 saturated carbocycles. The van der Waals surface area contributed by atoms with Gasteiger partial charge < -0.3 is 4.90 Å². The monoisotopic (exact) mass is 329 g/mol. The first-order valence-corrected chi connectivity index (χ1v) is 8.00. The topological polar surface area (TPSA) is 91.0 Å². The van der Waals surface area contributed by atoms with Crippen LogP contribution < -0.4 is 9.62 Å². The third-order valence-corrected chi connectivity index (χ3v) is 4.61. The van der Waals surface area contributed by atoms with E-state index in [-0.39, 0.29) is 11.4 Å². The molecule has 0 atom stereocenters. The first-order valence-electron chi connectivity index (χ1n) is 6.14. The zero-order chi connectivity index (χ0) is 15.6. The van der Waals surface area contributed by atoms with Crippen molar-refractivity contribution in [2.75, 3.05) is 19.0 Å². The van der Waals surface area contributed by atoms with Gasteiger partial charge in [0.25, 0.3) is 0 Å². The summed E-state index contributed by atoms with van der Waals surface area (Å²) in [5.74, 6) is 0.930. The molecule has 0 amide bonds. The van der Waals surface area contributed by atoms with Crippen LogP contribution >= 0.6 is 11.6 Å². The summed E-state index contributed by atoms with van der Waals surface area (Å²) >= 11 is 5.89. The molecule has 0 aliphatic heterocycles. The van der Waals surface area contributed by atoms with Gasteiger partial charge in [0.05, 0.1) is 11.4 Å². The number of H-pyrrole nitrogens is 1. The molecular formula is C12H16ClN5O2S. The van der Waals surface area contributed by atoms with E-state index in [2.05, 4.69) is 19.9 Å². The molecule has 114 valence electrons. The van der Waals surface area contributed by atoms with E-state index in [0.29, 0.717) is 22.4 Å². The molecule has 9 heteroatoms. The molecule has 0 saturated heterocycles. The molecule has 7 nitrogen and oxygen atoms in total. The fourth-order valence-corrected chi connectivity index (χ4v) is 2.79. The molecule has 1 heterocycles. The molecule has 1 aromatic heterocycles. The maximum atomic E-state index is 12.2. The Labute approximate surface area is 128 Å². The molecular weight excluding hydrogens is 314 g/mol. The minimum absolute atomic E-state index is 0.0326. The van der Waals surface area contributed by atoms with Gasteiger partial charge in [0.1, 0.15) is 5.82 Å². The lowest BCUT2D eigenvalue weighted by Crippen LogP contribution is -2.24. The molecule has 0 bridgehead atoms. The second kappa shape index (κ2) is 6.00. The van der Waals surface area contributed by atoms with Gasteiger partial charge in [0, 0.05) is 19.1 Å². The van der Waals surface area contributed by atoms with E-state index in [9.17, 15) is 8.42 Å². The standard InChI is InChI=1S/C12H16ClN5O2S/c1-8-6-9(4-5-10(8)13)21(19,20)14-7-11-15-12(17-16-11)18(2)3/h4-6,14H,7H2,1-3H3,(H,15,16,17). The Balaban J connectivity index is 2.11. The summed E-state index contributed by atoms with van der Waals surface area (Å²) in [5.41, 5.74) is 0.703. The highest BCUT2D eigenvalue weighted by molar-refractivity contribution is 7.89. The summed E-state index contributed by atoms with van der Waals surface area (Å²) < 4.78 is 26.8. The highest BCUT2D eigenvalue weighted by Crippen LogP contribution is 2.19. The van der Waals surface area contributed by atoms with Gasteiger partial charge in [-0.1, -0.05) is 11.6 Å². The lowest BCUT2D eigenvalue weighted by Gasteiger charge is -2.07. The van der Waals surface area contributed by atoms with Crippen LogP contribution in [0.3, 0.4) is 0 Å². The average molecular weight is 330 g/mol. The van der Waals surface area contributed by atoms with Crippen molar-refractivity contribution in [2.24, 2.45) is 0 Å².